The predicted molar refractivity (Wildman–Crippen MR) is 86.4 cm³/mol. The highest BCUT2D eigenvalue weighted by atomic mass is 35.5. The van der Waals surface area contributed by atoms with Crippen molar-refractivity contribution in [3.05, 3.63) is 28.2 Å². The van der Waals surface area contributed by atoms with Crippen molar-refractivity contribution in [3.8, 4) is 5.75 Å². The van der Waals surface area contributed by atoms with Crippen LogP contribution < -0.4 is 4.74 Å². The fraction of sp³-hybridized carbons (Fsp3) is 0.500. The summed E-state index contributed by atoms with van der Waals surface area (Å²) >= 11 is 11.6. The van der Waals surface area contributed by atoms with Crippen molar-refractivity contribution < 1.29 is 19.1 Å². The van der Waals surface area contributed by atoms with Gasteiger partial charge in [-0.3, -0.25) is 9.59 Å². The van der Waals surface area contributed by atoms with E-state index in [1.54, 1.807) is 0 Å². The molecule has 0 aliphatic carbocycles. The lowest BCUT2D eigenvalue weighted by atomic mass is 10.1. The third-order valence-corrected chi connectivity index (χ3v) is 3.23. The number of benzene rings is 1. The number of halogens is 2. The summed E-state index contributed by atoms with van der Waals surface area (Å²) in [5.41, 5.74) is 0. The van der Waals surface area contributed by atoms with Gasteiger partial charge in [0.15, 0.2) is 0 Å². The summed E-state index contributed by atoms with van der Waals surface area (Å²) in [7, 11) is 0. The maximum atomic E-state index is 11.6. The highest BCUT2D eigenvalue weighted by Crippen LogP contribution is 2.24. The maximum absolute atomic E-state index is 11.6. The number of esters is 2. The van der Waals surface area contributed by atoms with Crippen LogP contribution in [0.25, 0.3) is 0 Å². The number of carbonyl (C=O) groups is 2. The number of rotatable bonds is 8. The zero-order chi connectivity index (χ0) is 16.5. The Morgan fingerprint density at radius 1 is 1.05 bits per heavy atom. The van der Waals surface area contributed by atoms with Crippen molar-refractivity contribution >= 4 is 35.1 Å². The second-order valence-electron chi connectivity index (χ2n) is 5.34. The zero-order valence-electron chi connectivity index (χ0n) is 12.7. The van der Waals surface area contributed by atoms with Crippen LogP contribution >= 0.6 is 23.2 Å². The molecule has 1 aromatic carbocycles. The Balaban J connectivity index is 2.26. The van der Waals surface area contributed by atoms with Gasteiger partial charge in [0.05, 0.1) is 19.4 Å². The second-order valence-corrected chi connectivity index (χ2v) is 6.21. The van der Waals surface area contributed by atoms with Crippen LogP contribution in [0.3, 0.4) is 0 Å². The van der Waals surface area contributed by atoms with E-state index in [1.165, 1.54) is 18.2 Å². The molecule has 0 bridgehead atoms. The van der Waals surface area contributed by atoms with Crippen molar-refractivity contribution in [1.82, 2.24) is 0 Å². The van der Waals surface area contributed by atoms with E-state index in [0.717, 1.165) is 12.8 Å². The van der Waals surface area contributed by atoms with Crippen LogP contribution in [-0.2, 0) is 14.3 Å². The van der Waals surface area contributed by atoms with Crippen LogP contribution in [0, 0.1) is 5.92 Å². The Morgan fingerprint density at radius 2 is 1.64 bits per heavy atom. The van der Waals surface area contributed by atoms with Crippen LogP contribution in [0.15, 0.2) is 18.2 Å². The lowest BCUT2D eigenvalue weighted by molar-refractivity contribution is -0.147. The zero-order valence-corrected chi connectivity index (χ0v) is 14.2. The molecule has 122 valence electrons. The number of hydrogen-bond acceptors (Lipinski definition) is 4. The highest BCUT2D eigenvalue weighted by Gasteiger charge is 2.11. The van der Waals surface area contributed by atoms with E-state index in [2.05, 4.69) is 13.8 Å². The van der Waals surface area contributed by atoms with E-state index in [0.29, 0.717) is 22.6 Å². The number of ether oxygens (including phenoxy) is 2. The molecule has 0 unspecified atom stereocenters. The van der Waals surface area contributed by atoms with Crippen molar-refractivity contribution in [2.75, 3.05) is 6.61 Å². The molecule has 1 aromatic rings. The van der Waals surface area contributed by atoms with Gasteiger partial charge in [0.25, 0.3) is 0 Å². The van der Waals surface area contributed by atoms with Gasteiger partial charge in [0.1, 0.15) is 5.75 Å². The quantitative estimate of drug-likeness (QED) is 0.390. The molecule has 1 rings (SSSR count). The van der Waals surface area contributed by atoms with Crippen LogP contribution in [0.2, 0.25) is 10.0 Å². The normalized spacial score (nSPS) is 10.6. The van der Waals surface area contributed by atoms with Gasteiger partial charge in [-0.25, -0.2) is 0 Å². The molecule has 0 radical (unpaired) electrons. The largest absolute Gasteiger partial charge is 0.466 e. The van der Waals surface area contributed by atoms with E-state index in [4.69, 9.17) is 32.7 Å². The van der Waals surface area contributed by atoms with E-state index in [1.807, 2.05) is 0 Å². The summed E-state index contributed by atoms with van der Waals surface area (Å²) in [4.78, 5) is 23.1. The Hall–Kier alpha value is -1.26. The van der Waals surface area contributed by atoms with Gasteiger partial charge in [-0.1, -0.05) is 37.0 Å². The van der Waals surface area contributed by atoms with E-state index in [-0.39, 0.29) is 18.6 Å². The Morgan fingerprint density at radius 3 is 2.23 bits per heavy atom. The minimum atomic E-state index is -0.530. The fourth-order valence-electron chi connectivity index (χ4n) is 1.72. The average Bonchev–Trinajstić information content (AvgIpc) is 2.40. The van der Waals surface area contributed by atoms with E-state index < -0.39 is 11.9 Å². The lowest BCUT2D eigenvalue weighted by Gasteiger charge is -2.07. The second kappa shape index (κ2) is 9.70. The molecule has 0 N–H and O–H groups in total. The Bertz CT molecular complexity index is 495. The van der Waals surface area contributed by atoms with Crippen molar-refractivity contribution in [3.63, 3.8) is 0 Å². The van der Waals surface area contributed by atoms with Crippen LogP contribution in [0.5, 0.6) is 5.75 Å². The Kier molecular flexibility index (Phi) is 8.28. The molecule has 0 aromatic heterocycles. The summed E-state index contributed by atoms with van der Waals surface area (Å²) in [6, 6.07) is 4.50. The first-order chi connectivity index (χ1) is 10.4. The molecule has 0 heterocycles. The maximum Gasteiger partial charge on any atom is 0.311 e. The van der Waals surface area contributed by atoms with Gasteiger partial charge in [0, 0.05) is 10.0 Å². The van der Waals surface area contributed by atoms with Gasteiger partial charge in [-0.15, -0.1) is 0 Å². The summed E-state index contributed by atoms with van der Waals surface area (Å²) in [5, 5.41) is 0.750. The van der Waals surface area contributed by atoms with Gasteiger partial charge in [0.2, 0.25) is 0 Å². The molecule has 0 fully saturated rings. The van der Waals surface area contributed by atoms with Crippen molar-refractivity contribution in [2.24, 2.45) is 5.92 Å². The SMILES string of the molecule is CC(C)CCCOC(=O)CCC(=O)Oc1cc(Cl)cc(Cl)c1. The van der Waals surface area contributed by atoms with Crippen LogP contribution in [0.4, 0.5) is 0 Å². The van der Waals surface area contributed by atoms with E-state index >= 15 is 0 Å². The standard InChI is InChI=1S/C16H20Cl2O4/c1-11(2)4-3-7-21-15(19)5-6-16(20)22-14-9-12(17)8-13(18)10-14/h8-11H,3-7H2,1-2H3. The molecular formula is C16H20Cl2O4. The third kappa shape index (κ3) is 8.25. The van der Waals surface area contributed by atoms with Gasteiger partial charge < -0.3 is 9.47 Å². The monoisotopic (exact) mass is 346 g/mol. The molecule has 6 heteroatoms. The van der Waals surface area contributed by atoms with Crippen molar-refractivity contribution in [2.45, 2.75) is 39.5 Å². The first kappa shape index (κ1) is 18.8. The molecule has 0 aliphatic heterocycles. The third-order valence-electron chi connectivity index (χ3n) is 2.79. The average molecular weight is 347 g/mol. The predicted octanol–water partition coefficient (Wildman–Crippen LogP) is 4.66. The van der Waals surface area contributed by atoms with Gasteiger partial charge in [-0.05, 0) is 37.0 Å². The molecule has 0 aliphatic rings. The summed E-state index contributed by atoms with van der Waals surface area (Å²) < 4.78 is 10.1. The summed E-state index contributed by atoms with van der Waals surface area (Å²) in [6.45, 7) is 4.61. The molecule has 0 saturated heterocycles. The molecule has 0 saturated carbocycles. The number of carbonyl (C=O) groups excluding carboxylic acids is 2. The minimum Gasteiger partial charge on any atom is -0.466 e. The van der Waals surface area contributed by atoms with Crippen LogP contribution in [-0.4, -0.2) is 18.5 Å². The summed E-state index contributed by atoms with van der Waals surface area (Å²) in [5.74, 6) is -0.0895. The van der Waals surface area contributed by atoms with E-state index in [9.17, 15) is 9.59 Å². The smallest absolute Gasteiger partial charge is 0.311 e. The lowest BCUT2D eigenvalue weighted by Crippen LogP contribution is -2.13. The topological polar surface area (TPSA) is 52.6 Å². The number of hydrogen-bond donors (Lipinski definition) is 0. The molecule has 0 spiro atoms. The van der Waals surface area contributed by atoms with Gasteiger partial charge >= 0.3 is 11.9 Å². The molecule has 4 nitrogen and oxygen atoms in total. The molecule has 0 amide bonds. The Labute approximate surface area is 140 Å². The first-order valence-electron chi connectivity index (χ1n) is 7.19. The fourth-order valence-corrected chi connectivity index (χ4v) is 2.23. The molecule has 0 atom stereocenters. The van der Waals surface area contributed by atoms with Crippen molar-refractivity contribution in [1.29, 1.82) is 0 Å². The molecule has 22 heavy (non-hydrogen) atoms. The minimum absolute atomic E-state index is 0.00515. The summed E-state index contributed by atoms with van der Waals surface area (Å²) in [6.07, 6.45) is 1.78. The van der Waals surface area contributed by atoms with Gasteiger partial charge in [-0.2, -0.15) is 0 Å². The highest BCUT2D eigenvalue weighted by molar-refractivity contribution is 6.34. The first-order valence-corrected chi connectivity index (χ1v) is 7.95. The van der Waals surface area contributed by atoms with Crippen LogP contribution in [0.1, 0.15) is 39.5 Å². The molecular weight excluding hydrogens is 327 g/mol.